The number of ether oxygens (including phenoxy) is 1. The normalized spacial score (nSPS) is 10.3. The molecule has 2 aromatic carbocycles. The fourth-order valence-corrected chi connectivity index (χ4v) is 2.99. The second-order valence-electron chi connectivity index (χ2n) is 5.84. The first-order valence-electron chi connectivity index (χ1n) is 8.32. The molecule has 0 fully saturated rings. The summed E-state index contributed by atoms with van der Waals surface area (Å²) >= 11 is 1.37. The van der Waals surface area contributed by atoms with E-state index in [0.29, 0.717) is 23.6 Å². The van der Waals surface area contributed by atoms with Crippen molar-refractivity contribution in [1.82, 2.24) is 10.3 Å². The summed E-state index contributed by atoms with van der Waals surface area (Å²) in [5, 5.41) is 7.73. The van der Waals surface area contributed by atoms with Crippen molar-refractivity contribution in [2.75, 3.05) is 12.4 Å². The zero-order chi connectivity index (χ0) is 19.2. The lowest BCUT2D eigenvalue weighted by Crippen LogP contribution is -2.18. The van der Waals surface area contributed by atoms with Gasteiger partial charge in [0.1, 0.15) is 23.1 Å². The van der Waals surface area contributed by atoms with Crippen LogP contribution in [0.2, 0.25) is 0 Å². The summed E-state index contributed by atoms with van der Waals surface area (Å²) in [6.45, 7) is 2.32. The van der Waals surface area contributed by atoms with Gasteiger partial charge in [0.25, 0.3) is 11.8 Å². The van der Waals surface area contributed by atoms with Crippen molar-refractivity contribution in [3.05, 3.63) is 75.7 Å². The molecule has 3 aromatic rings. The first-order valence-corrected chi connectivity index (χ1v) is 9.20. The summed E-state index contributed by atoms with van der Waals surface area (Å²) in [7, 11) is 1.57. The van der Waals surface area contributed by atoms with Crippen LogP contribution in [0.5, 0.6) is 5.75 Å². The molecule has 0 aliphatic carbocycles. The van der Waals surface area contributed by atoms with Crippen LogP contribution < -0.4 is 15.4 Å². The maximum Gasteiger partial charge on any atom is 0.275 e. The molecule has 0 aliphatic rings. The van der Waals surface area contributed by atoms with E-state index in [2.05, 4.69) is 15.6 Å². The molecule has 0 spiro atoms. The number of hydrogen-bond donors (Lipinski definition) is 2. The third kappa shape index (κ3) is 4.92. The van der Waals surface area contributed by atoms with E-state index in [9.17, 15) is 9.59 Å². The molecule has 0 saturated heterocycles. The maximum atomic E-state index is 12.3. The molecule has 0 atom stereocenters. The number of aryl methyl sites for hydroxylation is 1. The van der Waals surface area contributed by atoms with E-state index >= 15 is 0 Å². The molecule has 2 N–H and O–H groups in total. The highest BCUT2D eigenvalue weighted by Gasteiger charge is 2.12. The molecule has 3 rings (SSSR count). The molecule has 2 amide bonds. The van der Waals surface area contributed by atoms with Crippen molar-refractivity contribution in [2.45, 2.75) is 13.5 Å². The lowest BCUT2D eigenvalue weighted by Gasteiger charge is -2.05. The third-order valence-electron chi connectivity index (χ3n) is 3.80. The Morgan fingerprint density at radius 2 is 1.74 bits per heavy atom. The van der Waals surface area contributed by atoms with Crippen molar-refractivity contribution in [3.63, 3.8) is 0 Å². The number of rotatable bonds is 6. The molecule has 6 nitrogen and oxygen atoms in total. The first kappa shape index (κ1) is 18.6. The van der Waals surface area contributed by atoms with Gasteiger partial charge in [-0.05, 0) is 43.3 Å². The van der Waals surface area contributed by atoms with Crippen molar-refractivity contribution in [2.24, 2.45) is 0 Å². The van der Waals surface area contributed by atoms with Crippen LogP contribution in [0.1, 0.15) is 31.4 Å². The number of amides is 2. The molecule has 0 bridgehead atoms. The highest BCUT2D eigenvalue weighted by Crippen LogP contribution is 2.17. The van der Waals surface area contributed by atoms with Crippen LogP contribution in [0.3, 0.4) is 0 Å². The largest absolute Gasteiger partial charge is 0.486 e. The molecule has 7 heteroatoms. The van der Waals surface area contributed by atoms with E-state index in [0.717, 1.165) is 10.8 Å². The smallest absolute Gasteiger partial charge is 0.275 e. The number of nitrogens with zero attached hydrogens (tertiary/aromatic N) is 1. The summed E-state index contributed by atoms with van der Waals surface area (Å²) in [6.07, 6.45) is 0. The first-order chi connectivity index (χ1) is 13.0. The van der Waals surface area contributed by atoms with Crippen LogP contribution in [0.15, 0.2) is 53.9 Å². The van der Waals surface area contributed by atoms with Gasteiger partial charge in [-0.3, -0.25) is 9.59 Å². The lowest BCUT2D eigenvalue weighted by molar-refractivity contribution is 0.0962. The highest BCUT2D eigenvalue weighted by atomic mass is 32.1. The Labute approximate surface area is 161 Å². The van der Waals surface area contributed by atoms with E-state index < -0.39 is 0 Å². The monoisotopic (exact) mass is 381 g/mol. The Bertz CT molecular complexity index is 934. The van der Waals surface area contributed by atoms with Gasteiger partial charge in [0.2, 0.25) is 0 Å². The highest BCUT2D eigenvalue weighted by molar-refractivity contribution is 7.09. The lowest BCUT2D eigenvalue weighted by atomic mass is 10.2. The Hall–Kier alpha value is -3.19. The van der Waals surface area contributed by atoms with E-state index in [1.165, 1.54) is 16.9 Å². The summed E-state index contributed by atoms with van der Waals surface area (Å²) < 4.78 is 5.68. The molecule has 0 saturated carbocycles. The van der Waals surface area contributed by atoms with Gasteiger partial charge < -0.3 is 15.4 Å². The number of carbonyl (C=O) groups is 2. The fourth-order valence-electron chi connectivity index (χ4n) is 2.31. The number of aromatic nitrogens is 1. The molecular weight excluding hydrogens is 362 g/mol. The van der Waals surface area contributed by atoms with E-state index in [1.54, 1.807) is 36.7 Å². The molecule has 0 unspecified atom stereocenters. The van der Waals surface area contributed by atoms with Crippen LogP contribution in [-0.4, -0.2) is 23.8 Å². The van der Waals surface area contributed by atoms with E-state index in [-0.39, 0.29) is 11.8 Å². The molecular formula is C20H19N3O3S. The summed E-state index contributed by atoms with van der Waals surface area (Å²) in [5.41, 5.74) is 2.62. The second kappa shape index (κ2) is 8.46. The number of anilines is 1. The van der Waals surface area contributed by atoms with Crippen molar-refractivity contribution < 1.29 is 14.3 Å². The van der Waals surface area contributed by atoms with Gasteiger partial charge in [-0.25, -0.2) is 4.98 Å². The van der Waals surface area contributed by atoms with E-state index in [1.807, 2.05) is 31.2 Å². The van der Waals surface area contributed by atoms with Gasteiger partial charge in [0, 0.05) is 23.7 Å². The summed E-state index contributed by atoms with van der Waals surface area (Å²) in [6, 6.07) is 14.4. The Morgan fingerprint density at radius 1 is 1.04 bits per heavy atom. The Kier molecular flexibility index (Phi) is 5.83. The minimum atomic E-state index is -0.305. The summed E-state index contributed by atoms with van der Waals surface area (Å²) in [4.78, 5) is 28.2. The number of benzene rings is 2. The number of carbonyl (C=O) groups excluding carboxylic acids is 2. The number of thiazole rings is 1. The average Bonchev–Trinajstić information content (AvgIpc) is 3.17. The fraction of sp³-hybridized carbons (Fsp3) is 0.150. The van der Waals surface area contributed by atoms with Gasteiger partial charge in [0.05, 0.1) is 0 Å². The quantitative estimate of drug-likeness (QED) is 0.683. The van der Waals surface area contributed by atoms with E-state index in [4.69, 9.17) is 4.74 Å². The van der Waals surface area contributed by atoms with Crippen LogP contribution in [0.25, 0.3) is 0 Å². The molecule has 1 aromatic heterocycles. The van der Waals surface area contributed by atoms with Gasteiger partial charge in [-0.2, -0.15) is 0 Å². The Balaban J connectivity index is 1.57. The van der Waals surface area contributed by atoms with Crippen molar-refractivity contribution in [1.29, 1.82) is 0 Å². The van der Waals surface area contributed by atoms with Gasteiger partial charge in [0.15, 0.2) is 0 Å². The minimum absolute atomic E-state index is 0.175. The van der Waals surface area contributed by atoms with Crippen molar-refractivity contribution >= 4 is 28.8 Å². The standard InChI is InChI=1S/C20H19N3O3S/c1-13-3-9-16(10-4-13)26-11-18-23-17(12-27-18)20(25)22-15-7-5-14(6-8-15)19(24)21-2/h3-10,12H,11H2,1-2H3,(H,21,24)(H,22,25). The average molecular weight is 381 g/mol. The topological polar surface area (TPSA) is 80.3 Å². The SMILES string of the molecule is CNC(=O)c1ccc(NC(=O)c2csc(COc3ccc(C)cc3)n2)cc1. The molecule has 27 heavy (non-hydrogen) atoms. The minimum Gasteiger partial charge on any atom is -0.486 e. The van der Waals surface area contributed by atoms with Crippen molar-refractivity contribution in [3.8, 4) is 5.75 Å². The zero-order valence-corrected chi connectivity index (χ0v) is 15.8. The van der Waals surface area contributed by atoms with Crippen LogP contribution >= 0.6 is 11.3 Å². The van der Waals surface area contributed by atoms with Gasteiger partial charge in [-0.15, -0.1) is 11.3 Å². The zero-order valence-electron chi connectivity index (χ0n) is 15.0. The van der Waals surface area contributed by atoms with Gasteiger partial charge >= 0.3 is 0 Å². The predicted molar refractivity (Wildman–Crippen MR) is 105 cm³/mol. The Morgan fingerprint density at radius 3 is 2.41 bits per heavy atom. The van der Waals surface area contributed by atoms with Crippen LogP contribution in [0.4, 0.5) is 5.69 Å². The number of hydrogen-bond acceptors (Lipinski definition) is 5. The second-order valence-corrected chi connectivity index (χ2v) is 6.78. The maximum absolute atomic E-state index is 12.3. The summed E-state index contributed by atoms with van der Waals surface area (Å²) in [5.74, 6) is 0.282. The predicted octanol–water partition coefficient (Wildman–Crippen LogP) is 3.64. The van der Waals surface area contributed by atoms with Gasteiger partial charge in [-0.1, -0.05) is 17.7 Å². The molecule has 0 radical (unpaired) electrons. The molecule has 138 valence electrons. The van der Waals surface area contributed by atoms with Crippen LogP contribution in [-0.2, 0) is 6.61 Å². The number of nitrogens with one attached hydrogen (secondary N) is 2. The molecule has 0 aliphatic heterocycles. The molecule has 1 heterocycles. The van der Waals surface area contributed by atoms with Crippen LogP contribution in [0, 0.1) is 6.92 Å². The third-order valence-corrected chi connectivity index (χ3v) is 4.62.